The molecule has 0 spiro atoms. The summed E-state index contributed by atoms with van der Waals surface area (Å²) in [4.78, 5) is 22.0. The van der Waals surface area contributed by atoms with E-state index in [1.807, 2.05) is 34.5 Å². The number of hydrogen-bond acceptors (Lipinski definition) is 5. The quantitative estimate of drug-likeness (QED) is 0.843. The molecule has 0 unspecified atom stereocenters. The van der Waals surface area contributed by atoms with Crippen LogP contribution in [-0.4, -0.2) is 60.0 Å². The number of nitrogens with zero attached hydrogens (tertiary/aromatic N) is 3. The lowest BCUT2D eigenvalue weighted by Crippen LogP contribution is -2.35. The van der Waals surface area contributed by atoms with Crippen LogP contribution in [0.25, 0.3) is 10.6 Å². The van der Waals surface area contributed by atoms with Crippen molar-refractivity contribution in [3.63, 3.8) is 0 Å². The fraction of sp³-hybridized carbons (Fsp3) is 0.474. The summed E-state index contributed by atoms with van der Waals surface area (Å²) in [6, 6.07) is 8.56. The molecule has 4 rings (SSSR count). The standard InChI is InChI=1S/C19H23N3O2S/c1-24-17-6-3-2-5-15(17)18-20-16(13-25-18)19(23)22-10-4-9-21(11-12-22)14-7-8-14/h2-3,5-6,13-14H,4,7-12H2,1H3. The van der Waals surface area contributed by atoms with Crippen molar-refractivity contribution < 1.29 is 9.53 Å². The lowest BCUT2D eigenvalue weighted by atomic mass is 10.2. The van der Waals surface area contributed by atoms with Crippen LogP contribution in [0.5, 0.6) is 5.75 Å². The Morgan fingerprint density at radius 1 is 1.20 bits per heavy atom. The van der Waals surface area contributed by atoms with Gasteiger partial charge in [-0.05, 0) is 31.4 Å². The maximum Gasteiger partial charge on any atom is 0.273 e. The molecular formula is C19H23N3O2S. The van der Waals surface area contributed by atoms with Gasteiger partial charge in [-0.1, -0.05) is 12.1 Å². The zero-order valence-corrected chi connectivity index (χ0v) is 15.3. The van der Waals surface area contributed by atoms with Crippen LogP contribution in [0.15, 0.2) is 29.6 Å². The van der Waals surface area contributed by atoms with E-state index in [0.29, 0.717) is 5.69 Å². The van der Waals surface area contributed by atoms with Gasteiger partial charge in [-0.15, -0.1) is 11.3 Å². The van der Waals surface area contributed by atoms with Crippen LogP contribution in [0.1, 0.15) is 29.8 Å². The summed E-state index contributed by atoms with van der Waals surface area (Å²) >= 11 is 1.50. The summed E-state index contributed by atoms with van der Waals surface area (Å²) in [5.74, 6) is 0.834. The normalized spacial score (nSPS) is 18.8. The molecule has 2 aromatic rings. The van der Waals surface area contributed by atoms with Gasteiger partial charge in [0.2, 0.25) is 0 Å². The highest BCUT2D eigenvalue weighted by molar-refractivity contribution is 7.13. The third-order valence-corrected chi connectivity index (χ3v) is 5.82. The van der Waals surface area contributed by atoms with Crippen LogP contribution in [-0.2, 0) is 0 Å². The average Bonchev–Trinajstić information content (AvgIpc) is 3.42. The monoisotopic (exact) mass is 357 g/mol. The van der Waals surface area contributed by atoms with E-state index in [9.17, 15) is 4.79 Å². The number of para-hydroxylation sites is 1. The predicted octanol–water partition coefficient (Wildman–Crippen LogP) is 3.13. The fourth-order valence-corrected chi connectivity index (χ4v) is 4.25. The predicted molar refractivity (Wildman–Crippen MR) is 99.2 cm³/mol. The van der Waals surface area contributed by atoms with Gasteiger partial charge in [0, 0.05) is 37.6 Å². The Balaban J connectivity index is 1.48. The first-order valence-electron chi connectivity index (χ1n) is 8.88. The van der Waals surface area contributed by atoms with Gasteiger partial charge in [-0.3, -0.25) is 9.69 Å². The zero-order valence-electron chi connectivity index (χ0n) is 14.5. The van der Waals surface area contributed by atoms with E-state index in [2.05, 4.69) is 9.88 Å². The molecule has 1 saturated heterocycles. The van der Waals surface area contributed by atoms with Crippen molar-refractivity contribution in [3.8, 4) is 16.3 Å². The third-order valence-electron chi connectivity index (χ3n) is 4.94. The van der Waals surface area contributed by atoms with Crippen molar-refractivity contribution in [3.05, 3.63) is 35.3 Å². The number of carbonyl (C=O) groups is 1. The lowest BCUT2D eigenvalue weighted by Gasteiger charge is -2.21. The van der Waals surface area contributed by atoms with E-state index in [1.54, 1.807) is 7.11 Å². The van der Waals surface area contributed by atoms with Crippen LogP contribution >= 0.6 is 11.3 Å². The summed E-state index contributed by atoms with van der Waals surface area (Å²) in [7, 11) is 1.65. The Morgan fingerprint density at radius 3 is 2.84 bits per heavy atom. The molecule has 0 atom stereocenters. The van der Waals surface area contributed by atoms with Gasteiger partial charge in [0.05, 0.1) is 12.7 Å². The number of aromatic nitrogens is 1. The molecule has 1 aromatic heterocycles. The van der Waals surface area contributed by atoms with Crippen LogP contribution < -0.4 is 4.74 Å². The molecule has 2 fully saturated rings. The molecule has 1 aliphatic carbocycles. The Bertz CT molecular complexity index is 757. The minimum Gasteiger partial charge on any atom is -0.496 e. The molecule has 1 aliphatic heterocycles. The number of ether oxygens (including phenoxy) is 1. The number of thiazole rings is 1. The van der Waals surface area contributed by atoms with Gasteiger partial charge in [0.25, 0.3) is 5.91 Å². The fourth-order valence-electron chi connectivity index (χ4n) is 3.42. The van der Waals surface area contributed by atoms with Crippen molar-refractivity contribution in [2.24, 2.45) is 0 Å². The summed E-state index contributed by atoms with van der Waals surface area (Å²) < 4.78 is 5.41. The van der Waals surface area contributed by atoms with Gasteiger partial charge < -0.3 is 9.64 Å². The lowest BCUT2D eigenvalue weighted by molar-refractivity contribution is 0.0756. The molecule has 0 bridgehead atoms. The first-order valence-corrected chi connectivity index (χ1v) is 9.76. The van der Waals surface area contributed by atoms with Gasteiger partial charge >= 0.3 is 0 Å². The Kier molecular flexibility index (Phi) is 4.72. The number of amides is 1. The minimum atomic E-state index is 0.0510. The first-order chi connectivity index (χ1) is 12.3. The third kappa shape index (κ3) is 3.55. The number of hydrogen-bond donors (Lipinski definition) is 0. The summed E-state index contributed by atoms with van der Waals surface area (Å²) in [6.07, 6.45) is 3.69. The minimum absolute atomic E-state index is 0.0510. The van der Waals surface area contributed by atoms with E-state index in [-0.39, 0.29) is 5.91 Å². The second-order valence-corrected chi connectivity index (χ2v) is 7.51. The van der Waals surface area contributed by atoms with Crippen LogP contribution in [0.2, 0.25) is 0 Å². The maximum atomic E-state index is 12.9. The molecule has 1 aromatic carbocycles. The molecule has 1 amide bonds. The summed E-state index contributed by atoms with van der Waals surface area (Å²) in [5.41, 5.74) is 1.48. The SMILES string of the molecule is COc1ccccc1-c1nc(C(=O)N2CCCN(C3CC3)CC2)cs1. The van der Waals surface area contributed by atoms with E-state index < -0.39 is 0 Å². The Labute approximate surface area is 152 Å². The Morgan fingerprint density at radius 2 is 2.04 bits per heavy atom. The molecule has 0 radical (unpaired) electrons. The van der Waals surface area contributed by atoms with E-state index in [1.165, 1.54) is 24.2 Å². The van der Waals surface area contributed by atoms with Gasteiger partial charge in [0.1, 0.15) is 16.5 Å². The molecule has 0 N–H and O–H groups in total. The van der Waals surface area contributed by atoms with Gasteiger partial charge in [-0.2, -0.15) is 0 Å². The summed E-state index contributed by atoms with van der Waals surface area (Å²) in [6.45, 7) is 3.72. The first kappa shape index (κ1) is 16.5. The van der Waals surface area contributed by atoms with Crippen molar-refractivity contribution >= 4 is 17.2 Å². The molecular weight excluding hydrogens is 334 g/mol. The van der Waals surface area contributed by atoms with Gasteiger partial charge in [0.15, 0.2) is 0 Å². The topological polar surface area (TPSA) is 45.7 Å². The largest absolute Gasteiger partial charge is 0.496 e. The van der Waals surface area contributed by atoms with E-state index in [4.69, 9.17) is 4.74 Å². The highest BCUT2D eigenvalue weighted by Crippen LogP contribution is 2.32. The molecule has 1 saturated carbocycles. The number of carbonyl (C=O) groups excluding carboxylic acids is 1. The molecule has 6 heteroatoms. The van der Waals surface area contributed by atoms with Crippen LogP contribution in [0, 0.1) is 0 Å². The molecule has 132 valence electrons. The second-order valence-electron chi connectivity index (χ2n) is 6.65. The van der Waals surface area contributed by atoms with E-state index >= 15 is 0 Å². The van der Waals surface area contributed by atoms with Crippen molar-refractivity contribution in [2.75, 3.05) is 33.3 Å². The number of benzene rings is 1. The molecule has 2 heterocycles. The van der Waals surface area contributed by atoms with Crippen LogP contribution in [0.3, 0.4) is 0 Å². The summed E-state index contributed by atoms with van der Waals surface area (Å²) in [5, 5.41) is 2.70. The number of methoxy groups -OCH3 is 1. The maximum absolute atomic E-state index is 12.9. The van der Waals surface area contributed by atoms with Crippen molar-refractivity contribution in [1.29, 1.82) is 0 Å². The van der Waals surface area contributed by atoms with Crippen molar-refractivity contribution in [2.45, 2.75) is 25.3 Å². The highest BCUT2D eigenvalue weighted by Gasteiger charge is 2.31. The molecule has 2 aliphatic rings. The molecule has 5 nitrogen and oxygen atoms in total. The van der Waals surface area contributed by atoms with Gasteiger partial charge in [-0.25, -0.2) is 4.98 Å². The smallest absolute Gasteiger partial charge is 0.273 e. The van der Waals surface area contributed by atoms with Crippen molar-refractivity contribution in [1.82, 2.24) is 14.8 Å². The highest BCUT2D eigenvalue weighted by atomic mass is 32.1. The zero-order chi connectivity index (χ0) is 17.2. The van der Waals surface area contributed by atoms with Crippen LogP contribution in [0.4, 0.5) is 0 Å². The average molecular weight is 357 g/mol. The second kappa shape index (κ2) is 7.14. The number of rotatable bonds is 4. The Hall–Kier alpha value is -1.92. The molecule has 25 heavy (non-hydrogen) atoms. The van der Waals surface area contributed by atoms with E-state index in [0.717, 1.165) is 55.0 Å².